The molecule has 0 radical (unpaired) electrons. The smallest absolute Gasteiger partial charge is 0.265 e. The maximum atomic E-state index is 5.07. The van der Waals surface area contributed by atoms with E-state index in [1.807, 2.05) is 7.05 Å². The fraction of sp³-hybridized carbons (Fsp3) is 1.00. The standard InChI is InChI=1S/C5H15NO4P2/c1-6(11(7-2)8-3)12(9-4)10-5/h1-5H3. The van der Waals surface area contributed by atoms with Crippen LogP contribution in [0.15, 0.2) is 0 Å². The molecule has 0 rings (SSSR count). The first-order chi connectivity index (χ1) is 5.71. The van der Waals surface area contributed by atoms with Crippen molar-refractivity contribution in [3.8, 4) is 0 Å². The minimum atomic E-state index is -1.06. The Morgan fingerprint density at radius 1 is 0.750 bits per heavy atom. The largest absolute Gasteiger partial charge is 0.325 e. The van der Waals surface area contributed by atoms with E-state index in [9.17, 15) is 0 Å². The van der Waals surface area contributed by atoms with Crippen molar-refractivity contribution in [1.82, 2.24) is 4.44 Å². The van der Waals surface area contributed by atoms with Crippen molar-refractivity contribution in [2.45, 2.75) is 0 Å². The highest BCUT2D eigenvalue weighted by Gasteiger charge is 2.24. The Balaban J connectivity index is 4.02. The molecule has 0 spiro atoms. The van der Waals surface area contributed by atoms with Gasteiger partial charge in [0.2, 0.25) is 0 Å². The van der Waals surface area contributed by atoms with Crippen molar-refractivity contribution in [3.63, 3.8) is 0 Å². The van der Waals surface area contributed by atoms with Gasteiger partial charge in [0.05, 0.1) is 0 Å². The molecular formula is C5H15NO4P2. The number of hydrogen-bond donors (Lipinski definition) is 0. The van der Waals surface area contributed by atoms with Crippen LogP contribution in [-0.4, -0.2) is 39.9 Å². The van der Waals surface area contributed by atoms with E-state index < -0.39 is 17.1 Å². The lowest BCUT2D eigenvalue weighted by atomic mass is 11.6. The summed E-state index contributed by atoms with van der Waals surface area (Å²) < 4.78 is 22.1. The molecule has 0 fully saturated rings. The maximum absolute atomic E-state index is 5.07. The molecule has 0 aliphatic heterocycles. The van der Waals surface area contributed by atoms with Crippen molar-refractivity contribution in [3.05, 3.63) is 0 Å². The molecule has 0 heterocycles. The van der Waals surface area contributed by atoms with E-state index in [-0.39, 0.29) is 0 Å². The third-order valence-corrected chi connectivity index (χ3v) is 4.17. The van der Waals surface area contributed by atoms with E-state index in [2.05, 4.69) is 0 Å². The van der Waals surface area contributed by atoms with Crippen LogP contribution in [0, 0.1) is 0 Å². The topological polar surface area (TPSA) is 40.2 Å². The minimum Gasteiger partial charge on any atom is -0.325 e. The lowest BCUT2D eigenvalue weighted by Crippen LogP contribution is -2.09. The molecule has 0 amide bonds. The van der Waals surface area contributed by atoms with E-state index in [4.69, 9.17) is 18.1 Å². The van der Waals surface area contributed by atoms with Crippen LogP contribution in [0.3, 0.4) is 0 Å². The monoisotopic (exact) mass is 215 g/mol. The molecule has 0 aliphatic carbocycles. The van der Waals surface area contributed by atoms with E-state index in [0.29, 0.717) is 0 Å². The van der Waals surface area contributed by atoms with Crippen molar-refractivity contribution in [2.24, 2.45) is 0 Å². The van der Waals surface area contributed by atoms with Crippen molar-refractivity contribution in [2.75, 3.05) is 35.5 Å². The van der Waals surface area contributed by atoms with Crippen molar-refractivity contribution < 1.29 is 18.1 Å². The molecule has 0 N–H and O–H groups in total. The molecule has 0 saturated carbocycles. The summed E-state index contributed by atoms with van der Waals surface area (Å²) in [5, 5.41) is 0. The predicted octanol–water partition coefficient (Wildman–Crippen LogP) is 1.96. The SMILES string of the molecule is COP(OC)N(C)P(OC)OC. The molecule has 7 heteroatoms. The van der Waals surface area contributed by atoms with Gasteiger partial charge in [0, 0.05) is 35.5 Å². The highest BCUT2D eigenvalue weighted by Crippen LogP contribution is 2.55. The Hall–Kier alpha value is 0.660. The second-order valence-electron chi connectivity index (χ2n) is 1.70. The van der Waals surface area contributed by atoms with E-state index in [1.165, 1.54) is 0 Å². The third kappa shape index (κ3) is 3.58. The Bertz CT molecular complexity index is 97.6. The predicted molar refractivity (Wildman–Crippen MR) is 49.6 cm³/mol. The van der Waals surface area contributed by atoms with Gasteiger partial charge in [0.15, 0.2) is 0 Å². The van der Waals surface area contributed by atoms with Gasteiger partial charge in [-0.15, -0.1) is 0 Å². The minimum absolute atomic E-state index is 1.06. The molecule has 0 aromatic heterocycles. The molecule has 0 bridgehead atoms. The lowest BCUT2D eigenvalue weighted by Gasteiger charge is -2.27. The average molecular weight is 215 g/mol. The maximum Gasteiger partial charge on any atom is 0.265 e. The van der Waals surface area contributed by atoms with Crippen LogP contribution in [0.5, 0.6) is 0 Å². The fourth-order valence-electron chi connectivity index (χ4n) is 0.681. The third-order valence-electron chi connectivity index (χ3n) is 1.10. The second kappa shape index (κ2) is 7.10. The Morgan fingerprint density at radius 3 is 1.17 bits per heavy atom. The zero-order valence-corrected chi connectivity index (χ0v) is 9.76. The quantitative estimate of drug-likeness (QED) is 0.633. The van der Waals surface area contributed by atoms with Crippen LogP contribution < -0.4 is 0 Å². The first-order valence-corrected chi connectivity index (χ1v) is 5.47. The van der Waals surface area contributed by atoms with Gasteiger partial charge in [-0.1, -0.05) is 0 Å². The molecule has 0 aliphatic rings. The normalized spacial score (nSPS) is 12.0. The van der Waals surface area contributed by atoms with Crippen molar-refractivity contribution in [1.29, 1.82) is 0 Å². The summed E-state index contributed by atoms with van der Waals surface area (Å²) in [4.78, 5) is 0. The summed E-state index contributed by atoms with van der Waals surface area (Å²) in [6, 6.07) is 0. The highest BCUT2D eigenvalue weighted by atomic mass is 31.2. The van der Waals surface area contributed by atoms with Crippen LogP contribution in [-0.2, 0) is 18.1 Å². The molecule has 0 aromatic carbocycles. The van der Waals surface area contributed by atoms with Gasteiger partial charge in [0.25, 0.3) is 17.1 Å². The number of hydrogen-bond acceptors (Lipinski definition) is 5. The Labute approximate surface area is 75.9 Å². The van der Waals surface area contributed by atoms with Gasteiger partial charge in [0.1, 0.15) is 0 Å². The van der Waals surface area contributed by atoms with E-state index >= 15 is 0 Å². The van der Waals surface area contributed by atoms with Gasteiger partial charge in [-0.25, -0.2) is 0 Å². The molecule has 5 nitrogen and oxygen atoms in total. The zero-order chi connectivity index (χ0) is 9.56. The van der Waals surface area contributed by atoms with Crippen LogP contribution in [0.2, 0.25) is 0 Å². The highest BCUT2D eigenvalue weighted by molar-refractivity contribution is 7.60. The summed E-state index contributed by atoms with van der Waals surface area (Å²) in [7, 11) is 6.07. The van der Waals surface area contributed by atoms with Crippen LogP contribution in [0.4, 0.5) is 0 Å². The first kappa shape index (κ1) is 12.7. The van der Waals surface area contributed by atoms with Gasteiger partial charge in [-0.2, -0.15) is 4.44 Å². The van der Waals surface area contributed by atoms with E-state index in [1.54, 1.807) is 32.9 Å². The molecule has 0 unspecified atom stereocenters. The number of nitrogens with zero attached hydrogens (tertiary/aromatic N) is 1. The second-order valence-corrected chi connectivity index (χ2v) is 5.62. The lowest BCUT2D eigenvalue weighted by molar-refractivity contribution is 0.276. The van der Waals surface area contributed by atoms with Gasteiger partial charge < -0.3 is 18.1 Å². The van der Waals surface area contributed by atoms with Crippen LogP contribution in [0.25, 0.3) is 0 Å². The average Bonchev–Trinajstić information content (AvgIpc) is 2.09. The van der Waals surface area contributed by atoms with Gasteiger partial charge >= 0.3 is 0 Å². The molecule has 74 valence electrons. The van der Waals surface area contributed by atoms with Crippen molar-refractivity contribution >= 4 is 17.1 Å². The Kier molecular flexibility index (Phi) is 7.49. The van der Waals surface area contributed by atoms with Crippen LogP contribution in [0.1, 0.15) is 0 Å². The molecule has 0 atom stereocenters. The van der Waals surface area contributed by atoms with E-state index in [0.717, 1.165) is 0 Å². The fourth-order valence-corrected chi connectivity index (χ4v) is 3.28. The molecule has 0 saturated heterocycles. The Morgan fingerprint density at radius 2 is 1.00 bits per heavy atom. The summed E-state index contributed by atoms with van der Waals surface area (Å²) >= 11 is 0. The van der Waals surface area contributed by atoms with Gasteiger partial charge in [-0.3, -0.25) is 0 Å². The summed E-state index contributed by atoms with van der Waals surface area (Å²) in [5.74, 6) is 0. The van der Waals surface area contributed by atoms with Gasteiger partial charge in [-0.05, 0) is 0 Å². The molecular weight excluding hydrogens is 200 g/mol. The summed E-state index contributed by atoms with van der Waals surface area (Å²) in [6.45, 7) is 0. The van der Waals surface area contributed by atoms with Crippen LogP contribution >= 0.6 is 17.1 Å². The molecule has 12 heavy (non-hydrogen) atoms. The summed E-state index contributed by atoms with van der Waals surface area (Å²) in [6.07, 6.45) is 0. The first-order valence-electron chi connectivity index (χ1n) is 3.21. The zero-order valence-electron chi connectivity index (χ0n) is 7.97. The number of rotatable bonds is 6. The summed E-state index contributed by atoms with van der Waals surface area (Å²) in [5.41, 5.74) is 0. The molecule has 0 aromatic rings.